The van der Waals surface area contributed by atoms with Crippen LogP contribution in [0.3, 0.4) is 0 Å². The normalized spacial score (nSPS) is 11.5. The lowest BCUT2D eigenvalue weighted by Crippen LogP contribution is -2.03. The van der Waals surface area contributed by atoms with Gasteiger partial charge in [-0.2, -0.15) is 8.42 Å². The Morgan fingerprint density at radius 3 is 2.31 bits per heavy atom. The molecule has 0 atom stereocenters. The molecule has 3 N–H and O–H groups in total. The monoisotopic (exact) mass is 203 g/mol. The highest BCUT2D eigenvalue weighted by molar-refractivity contribution is 7.80. The predicted octanol–water partition coefficient (Wildman–Crippen LogP) is 0.588. The summed E-state index contributed by atoms with van der Waals surface area (Å²) < 4.78 is 32.8. The van der Waals surface area contributed by atoms with Gasteiger partial charge in [0.15, 0.2) is 0 Å². The molecule has 0 fully saturated rings. The van der Waals surface area contributed by atoms with Crippen LogP contribution < -0.4 is 5.73 Å². The Bertz CT molecular complexity index is 370. The van der Waals surface area contributed by atoms with Gasteiger partial charge in [-0.25, -0.2) is 4.18 Å². The smallest absolute Gasteiger partial charge is 0.397 e. The third kappa shape index (κ3) is 3.88. The van der Waals surface area contributed by atoms with Gasteiger partial charge >= 0.3 is 10.4 Å². The largest absolute Gasteiger partial charge is 0.399 e. The third-order valence-corrected chi connectivity index (χ3v) is 1.77. The maximum atomic E-state index is 10.2. The zero-order chi connectivity index (χ0) is 9.90. The fraction of sp³-hybridized carbons (Fsp3) is 0.143. The molecule has 0 amide bonds. The average molecular weight is 203 g/mol. The van der Waals surface area contributed by atoms with Crippen LogP contribution in [-0.4, -0.2) is 13.0 Å². The summed E-state index contributed by atoms with van der Waals surface area (Å²) in [6.07, 6.45) is 0. The molecule has 1 aromatic rings. The van der Waals surface area contributed by atoms with Gasteiger partial charge in [-0.1, -0.05) is 12.1 Å². The number of hydrogen-bond donors (Lipinski definition) is 2. The van der Waals surface area contributed by atoms with Crippen molar-refractivity contribution >= 4 is 16.1 Å². The molecule has 5 nitrogen and oxygen atoms in total. The summed E-state index contributed by atoms with van der Waals surface area (Å²) in [5.41, 5.74) is 6.60. The first-order chi connectivity index (χ1) is 5.97. The van der Waals surface area contributed by atoms with E-state index in [0.29, 0.717) is 11.3 Å². The lowest BCUT2D eigenvalue weighted by Gasteiger charge is -2.00. The molecule has 0 saturated carbocycles. The van der Waals surface area contributed by atoms with E-state index in [1.165, 1.54) is 0 Å². The Morgan fingerprint density at radius 1 is 1.31 bits per heavy atom. The van der Waals surface area contributed by atoms with Crippen molar-refractivity contribution in [3.05, 3.63) is 29.8 Å². The van der Waals surface area contributed by atoms with Crippen molar-refractivity contribution in [2.24, 2.45) is 0 Å². The fourth-order valence-corrected chi connectivity index (χ4v) is 1.04. The number of rotatable bonds is 3. The molecule has 0 unspecified atom stereocenters. The van der Waals surface area contributed by atoms with Gasteiger partial charge in [0, 0.05) is 5.69 Å². The topological polar surface area (TPSA) is 89.6 Å². The standard InChI is InChI=1S/C7H9NO4S/c8-7-3-1-6(2-4-7)5-12-13(9,10)11/h1-4H,5,8H2,(H,9,10,11). The van der Waals surface area contributed by atoms with E-state index in [0.717, 1.165) is 0 Å². The molecule has 0 bridgehead atoms. The number of benzene rings is 1. The van der Waals surface area contributed by atoms with E-state index < -0.39 is 10.4 Å². The van der Waals surface area contributed by atoms with Gasteiger partial charge in [0.1, 0.15) is 0 Å². The first kappa shape index (κ1) is 9.97. The zero-order valence-electron chi connectivity index (χ0n) is 6.67. The molecule has 72 valence electrons. The predicted molar refractivity (Wildman–Crippen MR) is 47.2 cm³/mol. The highest BCUT2D eigenvalue weighted by Crippen LogP contribution is 2.07. The van der Waals surface area contributed by atoms with E-state index >= 15 is 0 Å². The second-order valence-corrected chi connectivity index (χ2v) is 3.52. The molecule has 0 aliphatic rings. The number of nitrogens with two attached hydrogens (primary N) is 1. The average Bonchev–Trinajstić information content (AvgIpc) is 2.02. The second-order valence-electron chi connectivity index (χ2n) is 2.43. The van der Waals surface area contributed by atoms with Crippen LogP contribution in [-0.2, 0) is 21.2 Å². The van der Waals surface area contributed by atoms with Crippen LogP contribution in [0, 0.1) is 0 Å². The van der Waals surface area contributed by atoms with Crippen LogP contribution in [0.15, 0.2) is 24.3 Å². The first-order valence-corrected chi connectivity index (χ1v) is 4.80. The second kappa shape index (κ2) is 3.73. The van der Waals surface area contributed by atoms with Gasteiger partial charge in [0.05, 0.1) is 6.61 Å². The van der Waals surface area contributed by atoms with E-state index in [2.05, 4.69) is 4.18 Å². The van der Waals surface area contributed by atoms with Crippen molar-refractivity contribution in [2.45, 2.75) is 6.61 Å². The maximum Gasteiger partial charge on any atom is 0.397 e. The van der Waals surface area contributed by atoms with E-state index in [9.17, 15) is 8.42 Å². The lowest BCUT2D eigenvalue weighted by molar-refractivity contribution is 0.259. The lowest BCUT2D eigenvalue weighted by atomic mass is 10.2. The first-order valence-electron chi connectivity index (χ1n) is 3.43. The van der Waals surface area contributed by atoms with Crippen molar-refractivity contribution in [1.29, 1.82) is 0 Å². The quantitative estimate of drug-likeness (QED) is 0.554. The van der Waals surface area contributed by atoms with Gasteiger partial charge in [-0.3, -0.25) is 4.55 Å². The molecule has 1 rings (SSSR count). The van der Waals surface area contributed by atoms with Crippen LogP contribution >= 0.6 is 0 Å². The summed E-state index contributed by atoms with van der Waals surface area (Å²) in [5, 5.41) is 0. The Hall–Kier alpha value is -1.11. The Morgan fingerprint density at radius 2 is 1.85 bits per heavy atom. The number of anilines is 1. The van der Waals surface area contributed by atoms with Crippen molar-refractivity contribution in [2.75, 3.05) is 5.73 Å². The van der Waals surface area contributed by atoms with Gasteiger partial charge in [-0.05, 0) is 17.7 Å². The van der Waals surface area contributed by atoms with E-state index in [1.54, 1.807) is 24.3 Å². The Balaban J connectivity index is 2.61. The maximum absolute atomic E-state index is 10.2. The molecular formula is C7H9NO4S. The SMILES string of the molecule is Nc1ccc(COS(=O)(=O)O)cc1. The summed E-state index contributed by atoms with van der Waals surface area (Å²) >= 11 is 0. The van der Waals surface area contributed by atoms with Crippen molar-refractivity contribution in [1.82, 2.24) is 0 Å². The molecular weight excluding hydrogens is 194 g/mol. The van der Waals surface area contributed by atoms with Gasteiger partial charge in [0.25, 0.3) is 0 Å². The molecule has 0 heterocycles. The van der Waals surface area contributed by atoms with E-state index in [4.69, 9.17) is 10.3 Å². The van der Waals surface area contributed by atoms with Crippen LogP contribution in [0.2, 0.25) is 0 Å². The molecule has 1 aromatic carbocycles. The summed E-state index contributed by atoms with van der Waals surface area (Å²) in [4.78, 5) is 0. The number of nitrogen functional groups attached to an aromatic ring is 1. The van der Waals surface area contributed by atoms with Crippen molar-refractivity contribution in [3.8, 4) is 0 Å². The summed E-state index contributed by atoms with van der Waals surface area (Å²) in [6, 6.07) is 6.45. The highest BCUT2D eigenvalue weighted by Gasteiger charge is 2.03. The van der Waals surface area contributed by atoms with Crippen LogP contribution in [0.4, 0.5) is 5.69 Å². The Kier molecular flexibility index (Phi) is 2.86. The van der Waals surface area contributed by atoms with Crippen LogP contribution in [0.1, 0.15) is 5.56 Å². The molecule has 0 aliphatic carbocycles. The van der Waals surface area contributed by atoms with Crippen LogP contribution in [0.25, 0.3) is 0 Å². The molecule has 0 aliphatic heterocycles. The Labute approximate surface area is 76.1 Å². The molecule has 0 saturated heterocycles. The minimum absolute atomic E-state index is 0.195. The van der Waals surface area contributed by atoms with E-state index in [-0.39, 0.29) is 6.61 Å². The van der Waals surface area contributed by atoms with Gasteiger partial charge in [0.2, 0.25) is 0 Å². The van der Waals surface area contributed by atoms with Crippen molar-refractivity contribution < 1.29 is 17.2 Å². The number of hydrogen-bond acceptors (Lipinski definition) is 4. The zero-order valence-corrected chi connectivity index (χ0v) is 7.49. The molecule has 0 spiro atoms. The molecule has 13 heavy (non-hydrogen) atoms. The third-order valence-electron chi connectivity index (χ3n) is 1.35. The minimum atomic E-state index is -4.36. The van der Waals surface area contributed by atoms with E-state index in [1.807, 2.05) is 0 Å². The van der Waals surface area contributed by atoms with Gasteiger partial charge < -0.3 is 5.73 Å². The van der Waals surface area contributed by atoms with Crippen molar-refractivity contribution in [3.63, 3.8) is 0 Å². The summed E-state index contributed by atoms with van der Waals surface area (Å²) in [5.74, 6) is 0. The molecule has 6 heteroatoms. The summed E-state index contributed by atoms with van der Waals surface area (Å²) in [6.45, 7) is -0.195. The molecule has 0 aromatic heterocycles. The van der Waals surface area contributed by atoms with Gasteiger partial charge in [-0.15, -0.1) is 0 Å². The minimum Gasteiger partial charge on any atom is -0.399 e. The van der Waals surface area contributed by atoms with Crippen LogP contribution in [0.5, 0.6) is 0 Å². The highest BCUT2D eigenvalue weighted by atomic mass is 32.3. The fourth-order valence-electron chi connectivity index (χ4n) is 0.756. The summed E-state index contributed by atoms with van der Waals surface area (Å²) in [7, 11) is -4.36. The molecule has 0 radical (unpaired) electrons.